The Hall–Kier alpha value is -1.79. The van der Waals surface area contributed by atoms with E-state index < -0.39 is 11.9 Å². The van der Waals surface area contributed by atoms with Crippen LogP contribution in [0.2, 0.25) is 0 Å². The highest BCUT2D eigenvalue weighted by Crippen LogP contribution is 2.28. The summed E-state index contributed by atoms with van der Waals surface area (Å²) in [5.74, 6) is 0. The van der Waals surface area contributed by atoms with Gasteiger partial charge in [0.15, 0.2) is 12.0 Å². The fraction of sp³-hybridized carbons (Fsp3) is 0.250. The number of nitrogens with zero attached hydrogens (tertiary/aromatic N) is 3. The molecule has 0 saturated heterocycles. The molecule has 7 heteroatoms. The van der Waals surface area contributed by atoms with Crippen LogP contribution in [0, 0.1) is 13.2 Å². The Bertz CT molecular complexity index is 458. The van der Waals surface area contributed by atoms with Crippen LogP contribution >= 0.6 is 0 Å². The number of hydrogen-bond acceptors (Lipinski definition) is 3. The lowest BCUT2D eigenvalue weighted by molar-refractivity contribution is -0.141. The number of alkyl halides is 3. The first-order valence-electron chi connectivity index (χ1n) is 3.94. The Kier molecular flexibility index (Phi) is 2.02. The maximum Gasteiger partial charge on any atom is 0.435 e. The third kappa shape index (κ3) is 1.72. The Labute approximate surface area is 82.3 Å². The second-order valence-corrected chi connectivity index (χ2v) is 2.84. The van der Waals surface area contributed by atoms with Crippen molar-refractivity contribution in [3.05, 3.63) is 29.9 Å². The average Bonchev–Trinajstić information content (AvgIpc) is 2.69. The first-order valence-corrected chi connectivity index (χ1v) is 3.94. The summed E-state index contributed by atoms with van der Waals surface area (Å²) in [6, 6.07) is 0.882. The van der Waals surface area contributed by atoms with Crippen molar-refractivity contribution in [2.75, 3.05) is 0 Å². The first-order chi connectivity index (χ1) is 6.98. The minimum absolute atomic E-state index is 0.0389. The Morgan fingerprint density at radius 3 is 2.67 bits per heavy atom. The molecule has 2 rings (SSSR count). The molecule has 0 atom stereocenters. The van der Waals surface area contributed by atoms with Crippen molar-refractivity contribution >= 4 is 0 Å². The molecular weight excluding hydrogens is 211 g/mol. The van der Waals surface area contributed by atoms with E-state index in [2.05, 4.69) is 16.3 Å². The molecule has 0 spiro atoms. The number of aryl methyl sites for hydroxylation is 1. The average molecular weight is 216 g/mol. The van der Waals surface area contributed by atoms with E-state index in [9.17, 15) is 13.2 Å². The van der Waals surface area contributed by atoms with Crippen molar-refractivity contribution in [2.24, 2.45) is 0 Å². The molecule has 0 fully saturated rings. The molecular formula is C8H5F3N3O. The van der Waals surface area contributed by atoms with Crippen LogP contribution in [0.3, 0.4) is 0 Å². The highest BCUT2D eigenvalue weighted by atomic mass is 19.4. The number of hydrogen-bond donors (Lipinski definition) is 0. The van der Waals surface area contributed by atoms with Crippen LogP contribution in [0.15, 0.2) is 16.7 Å². The van der Waals surface area contributed by atoms with Gasteiger partial charge in [-0.05, 0) is 13.0 Å². The van der Waals surface area contributed by atoms with Gasteiger partial charge in [-0.1, -0.05) is 0 Å². The van der Waals surface area contributed by atoms with E-state index in [1.165, 1.54) is 13.1 Å². The summed E-state index contributed by atoms with van der Waals surface area (Å²) in [5, 5.41) is 3.34. The van der Waals surface area contributed by atoms with E-state index in [1.807, 2.05) is 0 Å². The summed E-state index contributed by atoms with van der Waals surface area (Å²) < 4.78 is 42.6. The van der Waals surface area contributed by atoms with E-state index in [0.29, 0.717) is 0 Å². The summed E-state index contributed by atoms with van der Waals surface area (Å²) in [7, 11) is 0. The van der Waals surface area contributed by atoms with Gasteiger partial charge >= 0.3 is 12.2 Å². The molecule has 0 aromatic carbocycles. The lowest BCUT2D eigenvalue weighted by Crippen LogP contribution is -2.07. The molecule has 79 valence electrons. The molecule has 0 aliphatic rings. The lowest BCUT2D eigenvalue weighted by atomic mass is 10.4. The molecule has 0 aliphatic heterocycles. The fourth-order valence-electron chi connectivity index (χ4n) is 1.09. The van der Waals surface area contributed by atoms with Crippen molar-refractivity contribution in [3.63, 3.8) is 0 Å². The summed E-state index contributed by atoms with van der Waals surface area (Å²) in [5.41, 5.74) is -0.684. The highest BCUT2D eigenvalue weighted by molar-refractivity contribution is 5.18. The van der Waals surface area contributed by atoms with Crippen LogP contribution in [-0.4, -0.2) is 14.8 Å². The zero-order valence-electron chi connectivity index (χ0n) is 7.54. The Morgan fingerprint density at radius 1 is 1.47 bits per heavy atom. The predicted octanol–water partition coefficient (Wildman–Crippen LogP) is 1.99. The van der Waals surface area contributed by atoms with Gasteiger partial charge in [0.2, 0.25) is 0 Å². The zero-order chi connectivity index (χ0) is 11.1. The van der Waals surface area contributed by atoms with Crippen LogP contribution in [0.1, 0.15) is 11.4 Å². The Morgan fingerprint density at radius 2 is 2.20 bits per heavy atom. The van der Waals surface area contributed by atoms with Gasteiger partial charge < -0.3 is 4.42 Å². The molecule has 0 bridgehead atoms. The summed E-state index contributed by atoms with van der Waals surface area (Å²) in [4.78, 5) is 3.65. The maximum absolute atomic E-state index is 12.3. The van der Waals surface area contributed by atoms with Crippen molar-refractivity contribution in [3.8, 4) is 6.01 Å². The van der Waals surface area contributed by atoms with Gasteiger partial charge in [0.25, 0.3) is 0 Å². The van der Waals surface area contributed by atoms with E-state index in [1.54, 1.807) is 0 Å². The number of oxazole rings is 1. The monoisotopic (exact) mass is 216 g/mol. The summed E-state index contributed by atoms with van der Waals surface area (Å²) >= 11 is 0. The quantitative estimate of drug-likeness (QED) is 0.732. The molecule has 15 heavy (non-hydrogen) atoms. The van der Waals surface area contributed by atoms with Gasteiger partial charge in [-0.15, -0.1) is 0 Å². The van der Waals surface area contributed by atoms with Gasteiger partial charge in [0.05, 0.1) is 6.20 Å². The van der Waals surface area contributed by atoms with Crippen LogP contribution in [-0.2, 0) is 6.18 Å². The van der Waals surface area contributed by atoms with Crippen LogP contribution in [0.5, 0.6) is 0 Å². The smallest absolute Gasteiger partial charge is 0.419 e. The van der Waals surface area contributed by atoms with Gasteiger partial charge in [0, 0.05) is 5.69 Å². The van der Waals surface area contributed by atoms with Crippen molar-refractivity contribution in [1.82, 2.24) is 14.8 Å². The molecule has 4 nitrogen and oxygen atoms in total. The SMILES string of the molecule is Cc1cc(C(F)(F)F)nn1-c1nc[c]o1. The van der Waals surface area contributed by atoms with Crippen LogP contribution < -0.4 is 0 Å². The number of aromatic nitrogens is 3. The Balaban J connectivity index is 2.47. The maximum atomic E-state index is 12.3. The van der Waals surface area contributed by atoms with Crippen molar-refractivity contribution in [1.29, 1.82) is 0 Å². The van der Waals surface area contributed by atoms with E-state index >= 15 is 0 Å². The molecule has 0 aliphatic carbocycles. The van der Waals surface area contributed by atoms with Crippen LogP contribution in [0.25, 0.3) is 6.01 Å². The minimum atomic E-state index is -4.47. The van der Waals surface area contributed by atoms with Crippen LogP contribution in [0.4, 0.5) is 13.2 Å². The number of rotatable bonds is 1. The summed E-state index contributed by atoms with van der Waals surface area (Å²) in [6.45, 7) is 1.48. The number of halogens is 3. The van der Waals surface area contributed by atoms with E-state index in [0.717, 1.165) is 10.7 Å². The van der Waals surface area contributed by atoms with Gasteiger partial charge in [-0.2, -0.15) is 27.9 Å². The molecule has 0 N–H and O–H groups in total. The molecule has 2 aromatic rings. The fourth-order valence-corrected chi connectivity index (χ4v) is 1.09. The second-order valence-electron chi connectivity index (χ2n) is 2.84. The molecule has 0 saturated carbocycles. The standard InChI is InChI=1S/C8H5F3N3O/c1-5-4-6(8(9,10)11)13-14(5)7-12-2-3-15-7/h2,4H,1H3. The van der Waals surface area contributed by atoms with E-state index in [4.69, 9.17) is 4.42 Å². The molecule has 1 radical (unpaired) electrons. The zero-order valence-corrected chi connectivity index (χ0v) is 7.54. The lowest BCUT2D eigenvalue weighted by Gasteiger charge is -1.99. The molecule has 0 unspecified atom stereocenters. The topological polar surface area (TPSA) is 43.9 Å². The normalized spacial score (nSPS) is 12.0. The predicted molar refractivity (Wildman–Crippen MR) is 42.2 cm³/mol. The largest absolute Gasteiger partial charge is 0.435 e. The van der Waals surface area contributed by atoms with Gasteiger partial charge in [-0.3, -0.25) is 0 Å². The van der Waals surface area contributed by atoms with Crippen molar-refractivity contribution in [2.45, 2.75) is 13.1 Å². The second kappa shape index (κ2) is 3.11. The summed E-state index contributed by atoms with van der Waals surface area (Å²) in [6.07, 6.45) is -0.979. The van der Waals surface area contributed by atoms with Gasteiger partial charge in [-0.25, -0.2) is 0 Å². The first kappa shape index (κ1) is 9.75. The van der Waals surface area contributed by atoms with Crippen molar-refractivity contribution < 1.29 is 17.6 Å². The van der Waals surface area contributed by atoms with Gasteiger partial charge in [0.1, 0.15) is 0 Å². The molecule has 2 heterocycles. The van der Waals surface area contributed by atoms with E-state index in [-0.39, 0.29) is 11.7 Å². The molecule has 2 aromatic heterocycles. The molecule has 0 amide bonds. The third-order valence-corrected chi connectivity index (χ3v) is 1.74. The third-order valence-electron chi connectivity index (χ3n) is 1.74. The minimum Gasteiger partial charge on any atom is -0.419 e. The highest BCUT2D eigenvalue weighted by Gasteiger charge is 2.34.